The van der Waals surface area contributed by atoms with E-state index in [4.69, 9.17) is 0 Å². The van der Waals surface area contributed by atoms with Gasteiger partial charge in [-0.3, -0.25) is 4.90 Å². The van der Waals surface area contributed by atoms with Gasteiger partial charge in [-0.1, -0.05) is 12.2 Å². The number of hydrogen-bond donors (Lipinski definition) is 1. The zero-order chi connectivity index (χ0) is 11.0. The Bertz CT molecular complexity index is 408. The van der Waals surface area contributed by atoms with Gasteiger partial charge in [0.1, 0.15) is 0 Å². The normalized spacial score (nSPS) is 24.0. The first kappa shape index (κ1) is 12.3. The summed E-state index contributed by atoms with van der Waals surface area (Å²) in [6.45, 7) is 1.99. The molecule has 1 saturated heterocycles. The minimum absolute atomic E-state index is 0. The first-order chi connectivity index (χ1) is 7.86. The molecule has 0 atom stereocenters. The van der Waals surface area contributed by atoms with Crippen LogP contribution in [0.2, 0.25) is 0 Å². The summed E-state index contributed by atoms with van der Waals surface area (Å²) in [5.41, 5.74) is 1.96. The Kier molecular flexibility index (Phi) is 3.64. The molecule has 2 aliphatic heterocycles. The molecule has 2 amide bonds. The summed E-state index contributed by atoms with van der Waals surface area (Å²) in [6, 6.07) is 0.254. The lowest BCUT2D eigenvalue weighted by atomic mass is 10.0. The summed E-state index contributed by atoms with van der Waals surface area (Å²) in [7, 11) is 0. The standard InChI is InChI=1S/C12H15N3O.ClH/c16-12-14-10-3-1-2-4-11(10)15(12)9-5-7-13-8-6-9;/h1-2,4,9,13H,3,5-8H2;1H. The maximum absolute atomic E-state index is 11.9. The second kappa shape index (κ2) is 5.02. The monoisotopic (exact) mass is 253 g/mol. The molecule has 4 nitrogen and oxygen atoms in total. The second-order valence-electron chi connectivity index (χ2n) is 4.38. The van der Waals surface area contributed by atoms with Crippen LogP contribution in [0.1, 0.15) is 19.3 Å². The molecule has 0 aromatic heterocycles. The molecule has 0 bridgehead atoms. The largest absolute Gasteiger partial charge is 0.348 e. The van der Waals surface area contributed by atoms with E-state index in [1.807, 2.05) is 23.1 Å². The van der Waals surface area contributed by atoms with Gasteiger partial charge in [-0.25, -0.2) is 4.79 Å². The third-order valence-corrected chi connectivity index (χ3v) is 3.37. The number of hydrogen-bond acceptors (Lipinski definition) is 2. The minimum Gasteiger partial charge on any atom is -0.317 e. The van der Waals surface area contributed by atoms with Crippen LogP contribution in [0.5, 0.6) is 0 Å². The van der Waals surface area contributed by atoms with Crippen molar-refractivity contribution >= 4 is 24.1 Å². The van der Waals surface area contributed by atoms with Crippen molar-refractivity contribution < 1.29 is 4.79 Å². The van der Waals surface area contributed by atoms with Crippen LogP contribution in [0.4, 0.5) is 4.79 Å². The molecule has 3 rings (SSSR count). The Morgan fingerprint density at radius 2 is 2.12 bits per heavy atom. The second-order valence-corrected chi connectivity index (χ2v) is 4.38. The van der Waals surface area contributed by atoms with Crippen LogP contribution in [0.25, 0.3) is 0 Å². The molecule has 0 aromatic carbocycles. The molecule has 5 heteroatoms. The fraction of sp³-hybridized carbons (Fsp3) is 0.500. The van der Waals surface area contributed by atoms with Gasteiger partial charge in [-0.2, -0.15) is 4.99 Å². The molecule has 1 aliphatic carbocycles. The van der Waals surface area contributed by atoms with Crippen molar-refractivity contribution in [3.63, 3.8) is 0 Å². The van der Waals surface area contributed by atoms with Crippen molar-refractivity contribution in [1.82, 2.24) is 10.2 Å². The van der Waals surface area contributed by atoms with E-state index in [1.54, 1.807) is 0 Å². The van der Waals surface area contributed by atoms with E-state index in [9.17, 15) is 4.79 Å². The average Bonchev–Trinajstić information content (AvgIpc) is 2.66. The molecule has 0 saturated carbocycles. The van der Waals surface area contributed by atoms with Gasteiger partial charge in [0.25, 0.3) is 0 Å². The molecule has 3 aliphatic rings. The summed E-state index contributed by atoms with van der Waals surface area (Å²) in [5, 5.41) is 3.32. The number of nitrogens with one attached hydrogen (secondary N) is 1. The SMILES string of the molecule is Cl.O=C1N=C2CC=CC=C2N1C1CCNCC1. The predicted octanol–water partition coefficient (Wildman–Crippen LogP) is 1.88. The number of urea groups is 1. The molecular formula is C12H16ClN3O. The molecule has 1 N–H and O–H groups in total. The quantitative estimate of drug-likeness (QED) is 0.776. The number of aliphatic imine (C=N–C) groups is 1. The van der Waals surface area contributed by atoms with Crippen LogP contribution in [-0.4, -0.2) is 35.8 Å². The molecule has 0 spiro atoms. The summed E-state index contributed by atoms with van der Waals surface area (Å²) >= 11 is 0. The highest BCUT2D eigenvalue weighted by atomic mass is 35.5. The zero-order valence-electron chi connectivity index (χ0n) is 9.56. The van der Waals surface area contributed by atoms with Gasteiger partial charge in [-0.05, 0) is 32.0 Å². The van der Waals surface area contributed by atoms with E-state index in [-0.39, 0.29) is 18.4 Å². The number of fused-ring (bicyclic) bond motifs is 1. The third kappa shape index (κ3) is 2.15. The number of halogens is 1. The number of nitrogens with zero attached hydrogens (tertiary/aromatic N) is 2. The van der Waals surface area contributed by atoms with Gasteiger partial charge in [0.15, 0.2) is 0 Å². The van der Waals surface area contributed by atoms with Crippen LogP contribution >= 0.6 is 12.4 Å². The van der Waals surface area contributed by atoms with E-state index in [2.05, 4.69) is 10.3 Å². The average molecular weight is 254 g/mol. The molecule has 2 heterocycles. The number of allylic oxidation sites excluding steroid dienone is 4. The maximum atomic E-state index is 11.9. The van der Waals surface area contributed by atoms with E-state index in [0.717, 1.165) is 43.8 Å². The number of piperidine rings is 1. The molecule has 0 unspecified atom stereocenters. The van der Waals surface area contributed by atoms with E-state index in [0.29, 0.717) is 6.04 Å². The summed E-state index contributed by atoms with van der Waals surface area (Å²) in [5.74, 6) is 0. The van der Waals surface area contributed by atoms with Gasteiger partial charge in [0.2, 0.25) is 0 Å². The lowest BCUT2D eigenvalue weighted by Gasteiger charge is -2.32. The summed E-state index contributed by atoms with van der Waals surface area (Å²) in [6.07, 6.45) is 8.90. The first-order valence-corrected chi connectivity index (χ1v) is 5.85. The van der Waals surface area contributed by atoms with Crippen molar-refractivity contribution in [3.05, 3.63) is 23.9 Å². The Hall–Kier alpha value is -1.13. The van der Waals surface area contributed by atoms with Crippen molar-refractivity contribution in [2.24, 2.45) is 4.99 Å². The highest BCUT2D eigenvalue weighted by Crippen LogP contribution is 2.27. The molecule has 17 heavy (non-hydrogen) atoms. The molecule has 92 valence electrons. The predicted molar refractivity (Wildman–Crippen MR) is 69.6 cm³/mol. The van der Waals surface area contributed by atoms with Crippen LogP contribution < -0.4 is 5.32 Å². The topological polar surface area (TPSA) is 44.7 Å². The van der Waals surface area contributed by atoms with Crippen LogP contribution in [0.3, 0.4) is 0 Å². The van der Waals surface area contributed by atoms with Crippen molar-refractivity contribution in [2.75, 3.05) is 13.1 Å². The molecule has 1 fully saturated rings. The highest BCUT2D eigenvalue weighted by molar-refractivity contribution is 6.14. The van der Waals surface area contributed by atoms with Crippen LogP contribution in [0, 0.1) is 0 Å². The third-order valence-electron chi connectivity index (χ3n) is 3.37. The smallest absolute Gasteiger partial charge is 0.317 e. The van der Waals surface area contributed by atoms with Gasteiger partial charge >= 0.3 is 6.03 Å². The molecule has 0 radical (unpaired) electrons. The van der Waals surface area contributed by atoms with Crippen molar-refractivity contribution in [1.29, 1.82) is 0 Å². The van der Waals surface area contributed by atoms with E-state index < -0.39 is 0 Å². The fourth-order valence-corrected chi connectivity index (χ4v) is 2.55. The highest BCUT2D eigenvalue weighted by Gasteiger charge is 2.35. The zero-order valence-corrected chi connectivity index (χ0v) is 10.4. The Morgan fingerprint density at radius 1 is 1.35 bits per heavy atom. The maximum Gasteiger partial charge on any atom is 0.348 e. The molecular weight excluding hydrogens is 238 g/mol. The number of carbonyl (C=O) groups is 1. The Balaban J connectivity index is 0.00000108. The lowest BCUT2D eigenvalue weighted by molar-refractivity contribution is 0.198. The van der Waals surface area contributed by atoms with E-state index in [1.165, 1.54) is 0 Å². The van der Waals surface area contributed by atoms with Gasteiger partial charge < -0.3 is 5.32 Å². The van der Waals surface area contributed by atoms with Crippen molar-refractivity contribution in [2.45, 2.75) is 25.3 Å². The Labute approximate surface area is 107 Å². The van der Waals surface area contributed by atoms with Crippen LogP contribution in [-0.2, 0) is 0 Å². The van der Waals surface area contributed by atoms with Crippen LogP contribution in [0.15, 0.2) is 28.9 Å². The molecule has 0 aromatic rings. The number of amides is 2. The van der Waals surface area contributed by atoms with E-state index >= 15 is 0 Å². The fourth-order valence-electron chi connectivity index (χ4n) is 2.55. The van der Waals surface area contributed by atoms with Gasteiger partial charge in [0, 0.05) is 12.5 Å². The Morgan fingerprint density at radius 3 is 2.88 bits per heavy atom. The van der Waals surface area contributed by atoms with Crippen molar-refractivity contribution in [3.8, 4) is 0 Å². The van der Waals surface area contributed by atoms with Gasteiger partial charge in [-0.15, -0.1) is 12.4 Å². The first-order valence-electron chi connectivity index (χ1n) is 5.85. The minimum atomic E-state index is -0.0724. The number of rotatable bonds is 1. The lowest BCUT2D eigenvalue weighted by Crippen LogP contribution is -2.43. The van der Waals surface area contributed by atoms with Gasteiger partial charge in [0.05, 0.1) is 11.4 Å². The summed E-state index contributed by atoms with van der Waals surface area (Å²) in [4.78, 5) is 17.9. The number of carbonyl (C=O) groups excluding carboxylic acids is 1. The summed E-state index contributed by atoms with van der Waals surface area (Å²) < 4.78 is 0.